The van der Waals surface area contributed by atoms with Crippen molar-refractivity contribution in [2.75, 3.05) is 6.61 Å². The number of benzene rings is 1. The Morgan fingerprint density at radius 2 is 1.90 bits per heavy atom. The zero-order valence-electron chi connectivity index (χ0n) is 12.2. The third-order valence-corrected chi connectivity index (χ3v) is 2.99. The predicted molar refractivity (Wildman–Crippen MR) is 77.2 cm³/mol. The van der Waals surface area contributed by atoms with Gasteiger partial charge in [0.2, 0.25) is 5.91 Å². The third kappa shape index (κ3) is 5.83. The van der Waals surface area contributed by atoms with Crippen molar-refractivity contribution in [3.8, 4) is 5.75 Å². The largest absolute Gasteiger partial charge is 0.493 e. The van der Waals surface area contributed by atoms with Crippen molar-refractivity contribution in [3.05, 3.63) is 29.8 Å². The summed E-state index contributed by atoms with van der Waals surface area (Å²) in [6.45, 7) is 3.51. The first-order chi connectivity index (χ1) is 9.93. The van der Waals surface area contributed by atoms with E-state index < -0.39 is 24.0 Å². The minimum Gasteiger partial charge on any atom is -0.493 e. The molecule has 21 heavy (non-hydrogen) atoms. The van der Waals surface area contributed by atoms with Crippen LogP contribution in [-0.4, -0.2) is 40.8 Å². The van der Waals surface area contributed by atoms with Crippen LogP contribution in [-0.2, 0) is 16.0 Å². The van der Waals surface area contributed by atoms with Crippen LogP contribution in [0.1, 0.15) is 25.8 Å². The Morgan fingerprint density at radius 1 is 1.29 bits per heavy atom. The molecule has 6 heteroatoms. The number of carboxylic acids is 1. The molecule has 0 spiro atoms. The lowest BCUT2D eigenvalue weighted by Crippen LogP contribution is -2.47. The van der Waals surface area contributed by atoms with Crippen LogP contribution in [0.3, 0.4) is 0 Å². The number of aliphatic carboxylic acids is 1. The molecule has 0 aliphatic heterocycles. The van der Waals surface area contributed by atoms with E-state index in [1.54, 1.807) is 0 Å². The van der Waals surface area contributed by atoms with Gasteiger partial charge in [-0.2, -0.15) is 0 Å². The standard InChI is InChI=1S/C15H21NO5/c1-3-11-4-6-12(7-5-11)21-9-8-13(18)16-14(10(2)17)15(19)20/h4-7,10,14,17H,3,8-9H2,1-2H3,(H,16,18)(H,19,20). The average molecular weight is 295 g/mol. The topological polar surface area (TPSA) is 95.9 Å². The Hall–Kier alpha value is -2.08. The van der Waals surface area contributed by atoms with Gasteiger partial charge >= 0.3 is 5.97 Å². The molecule has 116 valence electrons. The van der Waals surface area contributed by atoms with E-state index in [1.165, 1.54) is 12.5 Å². The van der Waals surface area contributed by atoms with Gasteiger partial charge in [0.15, 0.2) is 6.04 Å². The number of carbonyl (C=O) groups excluding carboxylic acids is 1. The molecular weight excluding hydrogens is 274 g/mol. The summed E-state index contributed by atoms with van der Waals surface area (Å²) in [5.41, 5.74) is 1.20. The van der Waals surface area contributed by atoms with E-state index in [9.17, 15) is 14.7 Å². The average Bonchev–Trinajstić information content (AvgIpc) is 2.45. The maximum atomic E-state index is 11.6. The van der Waals surface area contributed by atoms with Crippen molar-refractivity contribution in [1.82, 2.24) is 5.32 Å². The first kappa shape index (κ1) is 17.0. The molecule has 2 unspecified atom stereocenters. The smallest absolute Gasteiger partial charge is 0.328 e. The number of aliphatic hydroxyl groups is 1. The maximum absolute atomic E-state index is 11.6. The molecule has 1 aromatic carbocycles. The number of amides is 1. The molecule has 0 heterocycles. The van der Waals surface area contributed by atoms with E-state index in [1.807, 2.05) is 24.3 Å². The van der Waals surface area contributed by atoms with Crippen molar-refractivity contribution < 1.29 is 24.5 Å². The van der Waals surface area contributed by atoms with Crippen molar-refractivity contribution in [2.45, 2.75) is 38.8 Å². The molecule has 0 aliphatic rings. The molecule has 0 aromatic heterocycles. The lowest BCUT2D eigenvalue weighted by Gasteiger charge is -2.17. The summed E-state index contributed by atoms with van der Waals surface area (Å²) in [5.74, 6) is -1.09. The first-order valence-corrected chi connectivity index (χ1v) is 6.86. The highest BCUT2D eigenvalue weighted by Gasteiger charge is 2.24. The molecule has 2 atom stereocenters. The second-order valence-electron chi connectivity index (χ2n) is 4.72. The Labute approximate surface area is 123 Å². The van der Waals surface area contributed by atoms with Crippen molar-refractivity contribution in [3.63, 3.8) is 0 Å². The van der Waals surface area contributed by atoms with Crippen LogP contribution in [0.4, 0.5) is 0 Å². The lowest BCUT2D eigenvalue weighted by atomic mass is 10.2. The highest BCUT2D eigenvalue weighted by molar-refractivity contribution is 5.83. The predicted octanol–water partition coefficient (Wildman–Crippen LogP) is 0.968. The van der Waals surface area contributed by atoms with Crippen molar-refractivity contribution in [1.29, 1.82) is 0 Å². The molecule has 0 fully saturated rings. The molecule has 0 saturated heterocycles. The molecule has 0 radical (unpaired) electrons. The quantitative estimate of drug-likeness (QED) is 0.664. The van der Waals surface area contributed by atoms with Crippen LogP contribution in [0.15, 0.2) is 24.3 Å². The zero-order valence-corrected chi connectivity index (χ0v) is 12.2. The highest BCUT2D eigenvalue weighted by atomic mass is 16.5. The van der Waals surface area contributed by atoms with Crippen LogP contribution in [0.25, 0.3) is 0 Å². The SMILES string of the molecule is CCc1ccc(OCCC(=O)NC(C(=O)O)C(C)O)cc1. The van der Waals surface area contributed by atoms with E-state index >= 15 is 0 Å². The van der Waals surface area contributed by atoms with E-state index in [0.717, 1.165) is 6.42 Å². The van der Waals surface area contributed by atoms with Gasteiger partial charge in [-0.1, -0.05) is 19.1 Å². The minimum atomic E-state index is -1.30. The maximum Gasteiger partial charge on any atom is 0.328 e. The van der Waals surface area contributed by atoms with E-state index in [2.05, 4.69) is 12.2 Å². The van der Waals surface area contributed by atoms with E-state index in [-0.39, 0.29) is 13.0 Å². The van der Waals surface area contributed by atoms with Gasteiger partial charge in [0.1, 0.15) is 5.75 Å². The molecule has 3 N–H and O–H groups in total. The monoisotopic (exact) mass is 295 g/mol. The first-order valence-electron chi connectivity index (χ1n) is 6.86. The van der Waals surface area contributed by atoms with Crippen LogP contribution >= 0.6 is 0 Å². The van der Waals surface area contributed by atoms with Gasteiger partial charge in [-0.25, -0.2) is 4.79 Å². The van der Waals surface area contributed by atoms with E-state index in [0.29, 0.717) is 5.75 Å². The van der Waals surface area contributed by atoms with Gasteiger partial charge < -0.3 is 20.3 Å². The number of aliphatic hydroxyl groups excluding tert-OH is 1. The molecule has 0 aliphatic carbocycles. The Balaban J connectivity index is 2.37. The number of carboxylic acid groups (broad SMARTS) is 1. The summed E-state index contributed by atoms with van der Waals surface area (Å²) in [5, 5.41) is 20.3. The van der Waals surface area contributed by atoms with Crippen molar-refractivity contribution >= 4 is 11.9 Å². The summed E-state index contributed by atoms with van der Waals surface area (Å²) in [6.07, 6.45) is -0.195. The van der Waals surface area contributed by atoms with Gasteiger partial charge in [0.25, 0.3) is 0 Å². The summed E-state index contributed by atoms with van der Waals surface area (Å²) in [6, 6.07) is 6.24. The van der Waals surface area contributed by atoms with Crippen LogP contribution in [0.5, 0.6) is 5.75 Å². The lowest BCUT2D eigenvalue weighted by molar-refractivity contribution is -0.144. The number of ether oxygens (including phenoxy) is 1. The summed E-state index contributed by atoms with van der Waals surface area (Å²) in [7, 11) is 0. The van der Waals surface area contributed by atoms with Crippen LogP contribution in [0, 0.1) is 0 Å². The molecule has 6 nitrogen and oxygen atoms in total. The van der Waals surface area contributed by atoms with Gasteiger partial charge in [0, 0.05) is 0 Å². The molecule has 1 rings (SSSR count). The fourth-order valence-electron chi connectivity index (χ4n) is 1.72. The molecular formula is C15H21NO5. The number of rotatable bonds is 8. The van der Waals surface area contributed by atoms with E-state index in [4.69, 9.17) is 9.84 Å². The Morgan fingerprint density at radius 3 is 2.38 bits per heavy atom. The molecule has 1 aromatic rings. The van der Waals surface area contributed by atoms with Crippen LogP contribution in [0.2, 0.25) is 0 Å². The van der Waals surface area contributed by atoms with Gasteiger partial charge in [-0.15, -0.1) is 0 Å². The van der Waals surface area contributed by atoms with Gasteiger partial charge in [-0.05, 0) is 31.0 Å². The summed E-state index contributed by atoms with van der Waals surface area (Å²) >= 11 is 0. The number of hydrogen-bond acceptors (Lipinski definition) is 4. The van der Waals surface area contributed by atoms with Crippen LogP contribution < -0.4 is 10.1 Å². The Bertz CT molecular complexity index is 469. The number of aryl methyl sites for hydroxylation is 1. The fourth-order valence-corrected chi connectivity index (χ4v) is 1.72. The second kappa shape index (κ2) is 8.26. The zero-order chi connectivity index (χ0) is 15.8. The summed E-state index contributed by atoms with van der Waals surface area (Å²) < 4.78 is 5.41. The summed E-state index contributed by atoms with van der Waals surface area (Å²) in [4.78, 5) is 22.4. The molecule has 0 saturated carbocycles. The van der Waals surface area contributed by atoms with Crippen molar-refractivity contribution in [2.24, 2.45) is 0 Å². The normalized spacial score (nSPS) is 13.3. The number of hydrogen-bond donors (Lipinski definition) is 3. The van der Waals surface area contributed by atoms with Gasteiger partial charge in [-0.3, -0.25) is 4.79 Å². The number of nitrogens with one attached hydrogen (secondary N) is 1. The number of carbonyl (C=O) groups is 2. The third-order valence-electron chi connectivity index (χ3n) is 2.99. The fraction of sp³-hybridized carbons (Fsp3) is 0.467. The Kier molecular flexibility index (Phi) is 6.68. The second-order valence-corrected chi connectivity index (χ2v) is 4.72. The highest BCUT2D eigenvalue weighted by Crippen LogP contribution is 2.12. The van der Waals surface area contributed by atoms with Gasteiger partial charge in [0.05, 0.1) is 19.1 Å². The molecule has 0 bridgehead atoms. The minimum absolute atomic E-state index is 0.0199. The molecule has 1 amide bonds.